The van der Waals surface area contributed by atoms with Gasteiger partial charge in [0.25, 0.3) is 0 Å². The number of alkyl halides is 2. The average molecular weight is 422 g/mol. The lowest BCUT2D eigenvalue weighted by atomic mass is 10.1. The number of halogens is 2. The summed E-state index contributed by atoms with van der Waals surface area (Å²) < 4.78 is 40.6. The van der Waals surface area contributed by atoms with E-state index >= 15 is 0 Å². The Morgan fingerprint density at radius 3 is 2.52 bits per heavy atom. The highest BCUT2D eigenvalue weighted by Crippen LogP contribution is 2.36. The number of hydrogen-bond donors (Lipinski definition) is 0. The predicted octanol–water partition coefficient (Wildman–Crippen LogP) is 5.05. The molecule has 0 fully saturated rings. The van der Waals surface area contributed by atoms with E-state index in [2.05, 4.69) is 4.74 Å². The van der Waals surface area contributed by atoms with Crippen LogP contribution in [0.25, 0.3) is 6.08 Å². The lowest BCUT2D eigenvalue weighted by Crippen LogP contribution is -2.11. The third kappa shape index (κ3) is 4.78. The Hall–Kier alpha value is -4.00. The molecule has 0 saturated heterocycles. The van der Waals surface area contributed by atoms with E-state index in [1.807, 2.05) is 30.3 Å². The van der Waals surface area contributed by atoms with E-state index in [-0.39, 0.29) is 40.6 Å². The van der Waals surface area contributed by atoms with Gasteiger partial charge in [-0.2, -0.15) is 8.78 Å². The largest absolute Gasteiger partial charge is 0.452 e. The van der Waals surface area contributed by atoms with Crippen LogP contribution in [-0.2, 0) is 11.2 Å². The molecule has 7 heteroatoms. The highest BCUT2D eigenvalue weighted by atomic mass is 19.3. The van der Waals surface area contributed by atoms with Crippen LogP contribution in [0.1, 0.15) is 21.5 Å². The molecule has 1 aliphatic rings. The summed E-state index contributed by atoms with van der Waals surface area (Å²) >= 11 is 0. The summed E-state index contributed by atoms with van der Waals surface area (Å²) in [5, 5.41) is 0. The van der Waals surface area contributed by atoms with Gasteiger partial charge in [0.05, 0.1) is 12.0 Å². The minimum absolute atomic E-state index is 0.0481. The summed E-state index contributed by atoms with van der Waals surface area (Å²) in [5.74, 6) is -0.544. The van der Waals surface area contributed by atoms with Crippen molar-refractivity contribution < 1.29 is 32.6 Å². The second-order valence-electron chi connectivity index (χ2n) is 6.65. The maximum absolute atomic E-state index is 12.6. The normalized spacial score (nSPS) is 13.8. The Balaban J connectivity index is 1.51. The Kier molecular flexibility index (Phi) is 5.75. The maximum atomic E-state index is 12.6. The van der Waals surface area contributed by atoms with E-state index in [9.17, 15) is 18.4 Å². The van der Waals surface area contributed by atoms with E-state index in [4.69, 9.17) is 9.47 Å². The van der Waals surface area contributed by atoms with Crippen LogP contribution in [0.15, 0.2) is 78.6 Å². The molecular weight excluding hydrogens is 406 g/mol. The van der Waals surface area contributed by atoms with Crippen molar-refractivity contribution in [3.63, 3.8) is 0 Å². The zero-order chi connectivity index (χ0) is 21.8. The third-order valence-electron chi connectivity index (χ3n) is 4.49. The number of benzene rings is 3. The number of carbonyl (C=O) groups excluding carboxylic acids is 2. The Morgan fingerprint density at radius 1 is 1.00 bits per heavy atom. The molecule has 3 aromatic rings. The summed E-state index contributed by atoms with van der Waals surface area (Å²) in [6.45, 7) is -3.00. The first-order valence-corrected chi connectivity index (χ1v) is 9.36. The fraction of sp³-hybridized carbons (Fsp3) is 0.0833. The van der Waals surface area contributed by atoms with E-state index in [0.29, 0.717) is 0 Å². The SMILES string of the molecule is O=C(Cc1ccccc1)Oc1ccc2c(c1)O/C(=C\c1ccccc1OC(F)F)C2=O. The minimum Gasteiger partial charge on any atom is -0.452 e. The summed E-state index contributed by atoms with van der Waals surface area (Å²) in [4.78, 5) is 24.8. The van der Waals surface area contributed by atoms with Crippen molar-refractivity contribution >= 4 is 17.8 Å². The number of esters is 1. The number of carbonyl (C=O) groups is 2. The van der Waals surface area contributed by atoms with Gasteiger partial charge in [-0.15, -0.1) is 0 Å². The third-order valence-corrected chi connectivity index (χ3v) is 4.49. The van der Waals surface area contributed by atoms with Crippen molar-refractivity contribution in [1.29, 1.82) is 0 Å². The van der Waals surface area contributed by atoms with Gasteiger partial charge in [-0.3, -0.25) is 9.59 Å². The number of para-hydroxylation sites is 1. The van der Waals surface area contributed by atoms with Crippen molar-refractivity contribution in [3.8, 4) is 17.2 Å². The first-order chi connectivity index (χ1) is 15.0. The molecule has 0 spiro atoms. The van der Waals surface area contributed by atoms with Gasteiger partial charge in [-0.1, -0.05) is 48.5 Å². The number of hydrogen-bond acceptors (Lipinski definition) is 5. The number of Topliss-reactive ketones (excluding diaryl/α,β-unsaturated/α-hetero) is 1. The Bertz CT molecular complexity index is 1160. The van der Waals surface area contributed by atoms with Gasteiger partial charge in [-0.25, -0.2) is 0 Å². The Morgan fingerprint density at radius 2 is 1.74 bits per heavy atom. The van der Waals surface area contributed by atoms with Crippen LogP contribution in [0.2, 0.25) is 0 Å². The number of rotatable bonds is 6. The second kappa shape index (κ2) is 8.79. The van der Waals surface area contributed by atoms with Gasteiger partial charge in [0, 0.05) is 11.6 Å². The standard InChI is InChI=1S/C24H16F2O5/c25-24(26)31-19-9-5-4-8-16(19)13-21-23(28)18-11-10-17(14-20(18)30-21)29-22(27)12-15-6-2-1-3-7-15/h1-11,13-14,24H,12H2/b21-13-. The van der Waals surface area contributed by atoms with Crippen LogP contribution in [0.5, 0.6) is 17.2 Å². The molecule has 1 aliphatic heterocycles. The van der Waals surface area contributed by atoms with Gasteiger partial charge in [0.15, 0.2) is 5.76 Å². The zero-order valence-electron chi connectivity index (χ0n) is 16.1. The van der Waals surface area contributed by atoms with Crippen LogP contribution >= 0.6 is 0 Å². The molecule has 0 N–H and O–H groups in total. The molecule has 31 heavy (non-hydrogen) atoms. The van der Waals surface area contributed by atoms with Crippen LogP contribution in [0.3, 0.4) is 0 Å². The molecule has 0 aliphatic carbocycles. The van der Waals surface area contributed by atoms with Crippen LogP contribution < -0.4 is 14.2 Å². The van der Waals surface area contributed by atoms with E-state index in [1.165, 1.54) is 36.4 Å². The van der Waals surface area contributed by atoms with Crippen LogP contribution in [-0.4, -0.2) is 18.4 Å². The molecule has 0 aromatic heterocycles. The fourth-order valence-electron chi connectivity index (χ4n) is 3.11. The van der Waals surface area contributed by atoms with Crippen molar-refractivity contribution in [3.05, 3.63) is 95.2 Å². The predicted molar refractivity (Wildman–Crippen MR) is 108 cm³/mol. The van der Waals surface area contributed by atoms with Gasteiger partial charge in [0.2, 0.25) is 5.78 Å². The fourth-order valence-corrected chi connectivity index (χ4v) is 3.11. The zero-order valence-corrected chi connectivity index (χ0v) is 16.1. The van der Waals surface area contributed by atoms with Gasteiger partial charge < -0.3 is 14.2 Å². The minimum atomic E-state index is -3.00. The molecule has 0 unspecified atom stereocenters. The molecular formula is C24H16F2O5. The molecule has 3 aromatic carbocycles. The maximum Gasteiger partial charge on any atom is 0.387 e. The summed E-state index contributed by atoms with van der Waals surface area (Å²) in [7, 11) is 0. The van der Waals surface area contributed by atoms with E-state index < -0.39 is 18.4 Å². The van der Waals surface area contributed by atoms with Crippen molar-refractivity contribution in [2.75, 3.05) is 0 Å². The molecule has 1 heterocycles. The van der Waals surface area contributed by atoms with Crippen LogP contribution in [0, 0.1) is 0 Å². The number of ketones is 1. The monoisotopic (exact) mass is 422 g/mol. The second-order valence-corrected chi connectivity index (χ2v) is 6.65. The lowest BCUT2D eigenvalue weighted by Gasteiger charge is -2.08. The van der Waals surface area contributed by atoms with Gasteiger partial charge in [0.1, 0.15) is 17.2 Å². The van der Waals surface area contributed by atoms with Crippen molar-refractivity contribution in [2.45, 2.75) is 13.0 Å². The van der Waals surface area contributed by atoms with E-state index in [0.717, 1.165) is 5.56 Å². The van der Waals surface area contributed by atoms with Gasteiger partial charge in [-0.05, 0) is 29.8 Å². The molecule has 0 bridgehead atoms. The first-order valence-electron chi connectivity index (χ1n) is 9.36. The lowest BCUT2D eigenvalue weighted by molar-refractivity contribution is -0.133. The molecule has 5 nitrogen and oxygen atoms in total. The number of ether oxygens (including phenoxy) is 3. The molecule has 156 valence electrons. The van der Waals surface area contributed by atoms with Gasteiger partial charge >= 0.3 is 12.6 Å². The van der Waals surface area contributed by atoms with Crippen molar-refractivity contribution in [2.24, 2.45) is 0 Å². The van der Waals surface area contributed by atoms with Crippen LogP contribution in [0.4, 0.5) is 8.78 Å². The highest BCUT2D eigenvalue weighted by Gasteiger charge is 2.28. The molecule has 4 rings (SSSR count). The highest BCUT2D eigenvalue weighted by molar-refractivity contribution is 6.14. The number of allylic oxidation sites excluding steroid dienone is 1. The Labute approximate surface area is 176 Å². The summed E-state index contributed by atoms with van der Waals surface area (Å²) in [6, 6.07) is 19.7. The van der Waals surface area contributed by atoms with E-state index in [1.54, 1.807) is 12.1 Å². The molecule has 0 amide bonds. The quantitative estimate of drug-likeness (QED) is 0.316. The summed E-state index contributed by atoms with van der Waals surface area (Å²) in [6.07, 6.45) is 1.44. The van der Waals surface area contributed by atoms with Crippen molar-refractivity contribution in [1.82, 2.24) is 0 Å². The first kappa shape index (κ1) is 20.3. The molecule has 0 radical (unpaired) electrons. The average Bonchev–Trinajstić information content (AvgIpc) is 3.04. The number of fused-ring (bicyclic) bond motifs is 1. The molecule has 0 atom stereocenters. The smallest absolute Gasteiger partial charge is 0.387 e. The topological polar surface area (TPSA) is 61.8 Å². The molecule has 0 saturated carbocycles. The summed E-state index contributed by atoms with van der Waals surface area (Å²) in [5.41, 5.74) is 1.37.